The zero-order chi connectivity index (χ0) is 24.1. The first-order valence-corrected chi connectivity index (χ1v) is 12.6. The van der Waals surface area contributed by atoms with Gasteiger partial charge < -0.3 is 5.32 Å². The third-order valence-electron chi connectivity index (χ3n) is 8.49. The Labute approximate surface area is 203 Å². The highest BCUT2D eigenvalue weighted by Crippen LogP contribution is 2.65. The molecule has 3 unspecified atom stereocenters. The number of fused-ring (bicyclic) bond motifs is 3. The minimum absolute atomic E-state index is 0.00185. The van der Waals surface area contributed by atoms with E-state index >= 15 is 0 Å². The summed E-state index contributed by atoms with van der Waals surface area (Å²) in [4.78, 5) is 28.7. The summed E-state index contributed by atoms with van der Waals surface area (Å²) in [5, 5.41) is 15.2. The average molecular weight is 476 g/mol. The summed E-state index contributed by atoms with van der Waals surface area (Å²) in [7, 11) is 0. The van der Waals surface area contributed by atoms with E-state index in [-0.39, 0.29) is 34.9 Å². The molecule has 6 nitrogen and oxygen atoms in total. The number of carbonyl (C=O) groups is 1. The summed E-state index contributed by atoms with van der Waals surface area (Å²) in [6.45, 7) is 7.02. The number of aromatic nitrogens is 1. The third kappa shape index (κ3) is 3.82. The number of para-hydroxylation sites is 1. The topological polar surface area (TPSA) is 85.1 Å². The van der Waals surface area contributed by atoms with E-state index in [1.807, 2.05) is 30.3 Å². The lowest BCUT2D eigenvalue weighted by atomic mass is 9.69. The van der Waals surface area contributed by atoms with Crippen LogP contribution < -0.4 is 5.32 Å². The Morgan fingerprint density at radius 2 is 1.94 bits per heavy atom. The molecular formula is C27H29N3O3S. The summed E-state index contributed by atoms with van der Waals surface area (Å²) in [6, 6.07) is 14.5. The number of benzene rings is 2. The minimum Gasteiger partial charge on any atom is -0.353 e. The first kappa shape index (κ1) is 22.7. The lowest BCUT2D eigenvalue weighted by molar-refractivity contribution is -0.384. The van der Waals surface area contributed by atoms with Crippen LogP contribution in [0.3, 0.4) is 0 Å². The Morgan fingerprint density at radius 1 is 1.21 bits per heavy atom. The number of thiazole rings is 1. The molecule has 2 aromatic carbocycles. The first-order valence-electron chi connectivity index (χ1n) is 11.8. The predicted octanol–water partition coefficient (Wildman–Crippen LogP) is 6.47. The van der Waals surface area contributed by atoms with Gasteiger partial charge in [0.25, 0.3) is 5.69 Å². The molecule has 0 aliphatic heterocycles. The van der Waals surface area contributed by atoms with Crippen LogP contribution >= 0.6 is 11.3 Å². The Morgan fingerprint density at radius 3 is 2.56 bits per heavy atom. The van der Waals surface area contributed by atoms with Crippen molar-refractivity contribution < 1.29 is 9.72 Å². The predicted molar refractivity (Wildman–Crippen MR) is 136 cm³/mol. The molecular weight excluding hydrogens is 446 g/mol. The molecule has 0 saturated heterocycles. The molecule has 1 N–H and O–H groups in total. The Hall–Kier alpha value is -3.06. The lowest BCUT2D eigenvalue weighted by Crippen LogP contribution is -2.46. The molecule has 3 aromatic rings. The molecule has 2 aliphatic rings. The maximum atomic E-state index is 13.3. The SMILES string of the molecule is CC1(C)C2CCC1(C)C(NC(=O)CC(=Cc1ccc([N+](=O)[O-])cc1)c1nc3ccccc3s1)C2. The first-order chi connectivity index (χ1) is 16.2. The number of nitro groups is 1. The normalized spacial score (nSPS) is 25.6. The van der Waals surface area contributed by atoms with Crippen molar-refractivity contribution in [1.82, 2.24) is 10.3 Å². The van der Waals surface area contributed by atoms with Crippen LogP contribution in [0, 0.1) is 26.9 Å². The average Bonchev–Trinajstić information content (AvgIpc) is 3.38. The largest absolute Gasteiger partial charge is 0.353 e. The highest BCUT2D eigenvalue weighted by atomic mass is 32.1. The maximum absolute atomic E-state index is 13.3. The second-order valence-electron chi connectivity index (χ2n) is 10.4. The van der Waals surface area contributed by atoms with Gasteiger partial charge in [0.05, 0.1) is 21.6 Å². The van der Waals surface area contributed by atoms with Gasteiger partial charge in [-0.15, -0.1) is 11.3 Å². The third-order valence-corrected chi connectivity index (χ3v) is 9.61. The van der Waals surface area contributed by atoms with E-state index < -0.39 is 4.92 Å². The fourth-order valence-corrected chi connectivity index (χ4v) is 6.91. The van der Waals surface area contributed by atoms with Crippen molar-refractivity contribution in [1.29, 1.82) is 0 Å². The molecule has 0 radical (unpaired) electrons. The van der Waals surface area contributed by atoms with Gasteiger partial charge in [0.1, 0.15) is 5.01 Å². The smallest absolute Gasteiger partial charge is 0.269 e. The molecule has 1 heterocycles. The van der Waals surface area contributed by atoms with Crippen molar-refractivity contribution in [3.8, 4) is 0 Å². The molecule has 2 fully saturated rings. The van der Waals surface area contributed by atoms with Crippen molar-refractivity contribution in [3.63, 3.8) is 0 Å². The van der Waals surface area contributed by atoms with Crippen LogP contribution in [0.1, 0.15) is 57.0 Å². The van der Waals surface area contributed by atoms with Crippen LogP contribution in [0.15, 0.2) is 48.5 Å². The Balaban J connectivity index is 1.42. The van der Waals surface area contributed by atoms with E-state index in [9.17, 15) is 14.9 Å². The van der Waals surface area contributed by atoms with Crippen molar-refractivity contribution in [3.05, 3.63) is 69.2 Å². The molecule has 34 heavy (non-hydrogen) atoms. The number of amides is 1. The van der Waals surface area contributed by atoms with E-state index in [1.54, 1.807) is 23.5 Å². The summed E-state index contributed by atoms with van der Waals surface area (Å²) in [5.41, 5.74) is 2.92. The zero-order valence-corrected chi connectivity index (χ0v) is 20.5. The maximum Gasteiger partial charge on any atom is 0.269 e. The molecule has 2 bridgehead atoms. The monoisotopic (exact) mass is 475 g/mol. The fraction of sp³-hybridized carbons (Fsp3) is 0.407. The van der Waals surface area contributed by atoms with E-state index in [2.05, 4.69) is 26.1 Å². The minimum atomic E-state index is -0.410. The van der Waals surface area contributed by atoms with Crippen LogP contribution in [0.2, 0.25) is 0 Å². The molecule has 5 rings (SSSR count). The van der Waals surface area contributed by atoms with E-state index in [4.69, 9.17) is 4.98 Å². The van der Waals surface area contributed by atoms with Crippen LogP contribution in [-0.2, 0) is 4.79 Å². The molecule has 1 amide bonds. The number of hydrogen-bond donors (Lipinski definition) is 1. The van der Waals surface area contributed by atoms with Crippen molar-refractivity contribution in [2.45, 2.75) is 52.5 Å². The van der Waals surface area contributed by atoms with E-state index in [0.717, 1.165) is 39.2 Å². The number of carbonyl (C=O) groups excluding carboxylic acids is 1. The van der Waals surface area contributed by atoms with Gasteiger partial charge in [0.15, 0.2) is 0 Å². The molecule has 0 spiro atoms. The summed E-state index contributed by atoms with van der Waals surface area (Å²) >= 11 is 1.56. The standard InChI is InChI=1S/C27H29N3O3S/c1-26(2)19-12-13-27(26,3)23(16-19)29-24(31)15-18(14-17-8-10-20(11-9-17)30(32)33)25-28-21-6-4-5-7-22(21)34-25/h4-11,14,19,23H,12-13,15-16H2,1-3H3,(H,29,31). The second-order valence-corrected chi connectivity index (χ2v) is 11.4. The number of non-ortho nitro benzene ring substituents is 1. The van der Waals surface area contributed by atoms with Gasteiger partial charge in [-0.25, -0.2) is 4.98 Å². The van der Waals surface area contributed by atoms with E-state index in [1.165, 1.54) is 18.6 Å². The zero-order valence-electron chi connectivity index (χ0n) is 19.7. The number of nitrogens with one attached hydrogen (secondary N) is 1. The van der Waals surface area contributed by atoms with Gasteiger partial charge in [-0.2, -0.15) is 0 Å². The van der Waals surface area contributed by atoms with Crippen molar-refractivity contribution in [2.75, 3.05) is 0 Å². The molecule has 2 aliphatic carbocycles. The second kappa shape index (κ2) is 8.31. The summed E-state index contributed by atoms with van der Waals surface area (Å²) in [6.07, 6.45) is 5.57. The Bertz CT molecular complexity index is 1260. The Kier molecular flexibility index (Phi) is 5.55. The van der Waals surface area contributed by atoms with Gasteiger partial charge in [0.2, 0.25) is 5.91 Å². The highest BCUT2D eigenvalue weighted by molar-refractivity contribution is 7.19. The number of rotatable bonds is 6. The highest BCUT2D eigenvalue weighted by Gasteiger charge is 2.61. The molecule has 1 aromatic heterocycles. The van der Waals surface area contributed by atoms with Gasteiger partial charge in [-0.3, -0.25) is 14.9 Å². The molecule has 2 saturated carbocycles. The van der Waals surface area contributed by atoms with Crippen LogP contribution in [0.25, 0.3) is 21.9 Å². The van der Waals surface area contributed by atoms with Crippen LogP contribution in [-0.4, -0.2) is 21.9 Å². The van der Waals surface area contributed by atoms with E-state index in [0.29, 0.717) is 5.92 Å². The quantitative estimate of drug-likeness (QED) is 0.327. The number of nitrogens with zero attached hydrogens (tertiary/aromatic N) is 2. The molecule has 3 atom stereocenters. The van der Waals surface area contributed by atoms with Gasteiger partial charge in [-0.1, -0.05) is 32.9 Å². The number of nitro benzene ring substituents is 1. The van der Waals surface area contributed by atoms with Crippen molar-refractivity contribution in [2.24, 2.45) is 16.7 Å². The summed E-state index contributed by atoms with van der Waals surface area (Å²) < 4.78 is 1.06. The van der Waals surface area contributed by atoms with Crippen molar-refractivity contribution >= 4 is 44.8 Å². The van der Waals surface area contributed by atoms with Crippen LogP contribution in [0.4, 0.5) is 5.69 Å². The lowest BCUT2D eigenvalue weighted by Gasteiger charge is -2.39. The van der Waals surface area contributed by atoms with Gasteiger partial charge in [0, 0.05) is 18.2 Å². The van der Waals surface area contributed by atoms with Gasteiger partial charge >= 0.3 is 0 Å². The van der Waals surface area contributed by atoms with Gasteiger partial charge in [-0.05, 0) is 77.5 Å². The van der Waals surface area contributed by atoms with Crippen LogP contribution in [0.5, 0.6) is 0 Å². The molecule has 176 valence electrons. The summed E-state index contributed by atoms with van der Waals surface area (Å²) in [5.74, 6) is 0.657. The molecule has 7 heteroatoms. The fourth-order valence-electron chi connectivity index (χ4n) is 5.93. The number of hydrogen-bond acceptors (Lipinski definition) is 5.